The molecular formula is C13H11FN4O3S. The summed E-state index contributed by atoms with van der Waals surface area (Å²) in [4.78, 5) is 22.6. The molecule has 0 saturated heterocycles. The number of nitrogens with one attached hydrogen (secondary N) is 2. The number of urea groups is 1. The van der Waals surface area contributed by atoms with Crippen LogP contribution < -0.4 is 10.7 Å². The first-order valence-electron chi connectivity index (χ1n) is 6.02. The van der Waals surface area contributed by atoms with E-state index in [2.05, 4.69) is 20.2 Å². The highest BCUT2D eigenvalue weighted by molar-refractivity contribution is 7.04. The van der Waals surface area contributed by atoms with Crippen LogP contribution in [0.4, 0.5) is 14.9 Å². The third kappa shape index (κ3) is 3.85. The second kappa shape index (κ2) is 6.76. The standard InChI is InChI=1S/C13H11FN4O3S/c1-7(11-10(12(19)20)6-22-18-11)16-17-13(21)15-9-4-2-3-8(14)5-9/h2-6H,1H3,(H,19,20)(H2,15,17,21). The van der Waals surface area contributed by atoms with E-state index in [0.717, 1.165) is 17.6 Å². The number of nitrogens with zero attached hydrogens (tertiary/aromatic N) is 2. The summed E-state index contributed by atoms with van der Waals surface area (Å²) in [6.45, 7) is 1.52. The summed E-state index contributed by atoms with van der Waals surface area (Å²) in [5.41, 5.74) is 2.90. The van der Waals surface area contributed by atoms with Crippen LogP contribution in [0.5, 0.6) is 0 Å². The Balaban J connectivity index is 2.03. The van der Waals surface area contributed by atoms with Crippen LogP contribution in [-0.2, 0) is 0 Å². The number of rotatable bonds is 4. The number of carbonyl (C=O) groups excluding carboxylic acids is 1. The molecule has 1 heterocycles. The molecule has 1 aromatic heterocycles. The molecule has 22 heavy (non-hydrogen) atoms. The minimum Gasteiger partial charge on any atom is -0.478 e. The molecule has 0 bridgehead atoms. The summed E-state index contributed by atoms with van der Waals surface area (Å²) >= 11 is 0.980. The van der Waals surface area contributed by atoms with Gasteiger partial charge in [-0.1, -0.05) is 6.07 Å². The molecule has 1 aromatic carbocycles. The number of carboxylic acids is 1. The van der Waals surface area contributed by atoms with Crippen LogP contribution in [0.3, 0.4) is 0 Å². The number of carbonyl (C=O) groups is 2. The van der Waals surface area contributed by atoms with Gasteiger partial charge < -0.3 is 10.4 Å². The van der Waals surface area contributed by atoms with Crippen LogP contribution >= 0.6 is 11.5 Å². The lowest BCUT2D eigenvalue weighted by Gasteiger charge is -2.05. The molecule has 2 aromatic rings. The van der Waals surface area contributed by atoms with E-state index >= 15 is 0 Å². The Morgan fingerprint density at radius 3 is 2.86 bits per heavy atom. The molecule has 114 valence electrons. The average molecular weight is 322 g/mol. The molecule has 0 spiro atoms. The van der Waals surface area contributed by atoms with Crippen LogP contribution in [0.15, 0.2) is 34.7 Å². The lowest BCUT2D eigenvalue weighted by Crippen LogP contribution is -2.25. The summed E-state index contributed by atoms with van der Waals surface area (Å²) in [6.07, 6.45) is 0. The van der Waals surface area contributed by atoms with E-state index in [9.17, 15) is 14.0 Å². The summed E-state index contributed by atoms with van der Waals surface area (Å²) in [5, 5.41) is 16.5. The van der Waals surface area contributed by atoms with Crippen molar-refractivity contribution in [3.63, 3.8) is 0 Å². The maximum absolute atomic E-state index is 13.0. The largest absolute Gasteiger partial charge is 0.478 e. The molecule has 2 rings (SSSR count). The highest BCUT2D eigenvalue weighted by atomic mass is 32.1. The van der Waals surface area contributed by atoms with Crippen molar-refractivity contribution in [2.75, 3.05) is 5.32 Å². The van der Waals surface area contributed by atoms with Gasteiger partial charge in [0.2, 0.25) is 0 Å². The van der Waals surface area contributed by atoms with Crippen molar-refractivity contribution in [1.29, 1.82) is 0 Å². The van der Waals surface area contributed by atoms with Gasteiger partial charge in [0, 0.05) is 11.1 Å². The van der Waals surface area contributed by atoms with Crippen LogP contribution in [0.1, 0.15) is 23.0 Å². The zero-order valence-electron chi connectivity index (χ0n) is 11.3. The number of hydrogen-bond acceptors (Lipinski definition) is 5. The van der Waals surface area contributed by atoms with Crippen LogP contribution in [0.2, 0.25) is 0 Å². The van der Waals surface area contributed by atoms with Crippen LogP contribution in [-0.4, -0.2) is 27.2 Å². The number of amides is 2. The lowest BCUT2D eigenvalue weighted by molar-refractivity contribution is 0.0697. The average Bonchev–Trinajstić information content (AvgIpc) is 2.94. The predicted octanol–water partition coefficient (Wildman–Crippen LogP) is 2.53. The molecule has 0 aliphatic carbocycles. The lowest BCUT2D eigenvalue weighted by atomic mass is 10.2. The summed E-state index contributed by atoms with van der Waals surface area (Å²) in [6, 6.07) is 4.69. The van der Waals surface area contributed by atoms with E-state index in [0.29, 0.717) is 0 Å². The number of benzene rings is 1. The SMILES string of the molecule is CC(=NNC(=O)Nc1cccc(F)c1)c1nscc1C(=O)O. The maximum Gasteiger partial charge on any atom is 0.339 e. The quantitative estimate of drug-likeness (QED) is 0.594. The van der Waals surface area contributed by atoms with Crippen molar-refractivity contribution in [1.82, 2.24) is 9.80 Å². The number of hydrazone groups is 1. The molecule has 7 nitrogen and oxygen atoms in total. The van der Waals surface area contributed by atoms with Crippen molar-refractivity contribution in [3.8, 4) is 0 Å². The highest BCUT2D eigenvalue weighted by Crippen LogP contribution is 2.12. The molecule has 0 aliphatic rings. The minimum atomic E-state index is -1.12. The van der Waals surface area contributed by atoms with Gasteiger partial charge in [-0.2, -0.15) is 9.47 Å². The highest BCUT2D eigenvalue weighted by Gasteiger charge is 2.15. The first kappa shape index (κ1) is 15.6. The third-order valence-corrected chi connectivity index (χ3v) is 3.18. The molecular weight excluding hydrogens is 311 g/mol. The zero-order valence-corrected chi connectivity index (χ0v) is 12.1. The van der Waals surface area contributed by atoms with E-state index in [-0.39, 0.29) is 22.7 Å². The number of aromatic nitrogens is 1. The van der Waals surface area contributed by atoms with Gasteiger partial charge in [-0.25, -0.2) is 19.4 Å². The molecule has 0 aliphatic heterocycles. The number of hydrogen-bond donors (Lipinski definition) is 3. The molecule has 9 heteroatoms. The van der Waals surface area contributed by atoms with Gasteiger partial charge in [0.1, 0.15) is 11.5 Å². The fourth-order valence-corrected chi connectivity index (χ4v) is 2.27. The smallest absolute Gasteiger partial charge is 0.339 e. The Kier molecular flexibility index (Phi) is 4.79. The summed E-state index contributed by atoms with van der Waals surface area (Å²) in [7, 11) is 0. The molecule has 0 radical (unpaired) electrons. The monoisotopic (exact) mass is 322 g/mol. The van der Waals surface area contributed by atoms with E-state index in [1.54, 1.807) is 0 Å². The van der Waals surface area contributed by atoms with E-state index in [1.807, 2.05) is 0 Å². The van der Waals surface area contributed by atoms with Crippen molar-refractivity contribution >= 4 is 34.9 Å². The topological polar surface area (TPSA) is 104 Å². The van der Waals surface area contributed by atoms with Crippen molar-refractivity contribution < 1.29 is 19.1 Å². The fourth-order valence-electron chi connectivity index (χ4n) is 1.56. The van der Waals surface area contributed by atoms with Gasteiger partial charge in [0.25, 0.3) is 0 Å². The van der Waals surface area contributed by atoms with Crippen LogP contribution in [0.25, 0.3) is 0 Å². The van der Waals surface area contributed by atoms with Crippen molar-refractivity contribution in [3.05, 3.63) is 46.7 Å². The first-order chi connectivity index (χ1) is 10.5. The minimum absolute atomic E-state index is 0.0126. The zero-order chi connectivity index (χ0) is 16.1. The van der Waals surface area contributed by atoms with Gasteiger partial charge in [-0.15, -0.1) is 0 Å². The van der Waals surface area contributed by atoms with Crippen molar-refractivity contribution in [2.45, 2.75) is 6.92 Å². The number of aromatic carboxylic acids is 1. The van der Waals surface area contributed by atoms with Gasteiger partial charge in [0.15, 0.2) is 0 Å². The Morgan fingerprint density at radius 2 is 2.18 bits per heavy atom. The molecule has 0 fully saturated rings. The Labute approximate surface area is 128 Å². The van der Waals surface area contributed by atoms with Gasteiger partial charge >= 0.3 is 12.0 Å². The molecule has 0 saturated carbocycles. The number of carboxylic acid groups (broad SMARTS) is 1. The first-order valence-corrected chi connectivity index (χ1v) is 6.86. The molecule has 0 atom stereocenters. The van der Waals surface area contributed by atoms with E-state index in [1.165, 1.54) is 30.5 Å². The van der Waals surface area contributed by atoms with Gasteiger partial charge in [0.05, 0.1) is 11.3 Å². The number of anilines is 1. The Morgan fingerprint density at radius 1 is 1.41 bits per heavy atom. The Hall–Kier alpha value is -2.81. The van der Waals surface area contributed by atoms with Gasteiger partial charge in [-0.05, 0) is 36.7 Å². The summed E-state index contributed by atoms with van der Waals surface area (Å²) < 4.78 is 16.9. The molecule has 2 amide bonds. The summed E-state index contributed by atoms with van der Waals surface area (Å²) in [5.74, 6) is -1.60. The van der Waals surface area contributed by atoms with E-state index in [4.69, 9.17) is 5.11 Å². The van der Waals surface area contributed by atoms with Crippen LogP contribution in [0, 0.1) is 5.82 Å². The van der Waals surface area contributed by atoms with Gasteiger partial charge in [-0.3, -0.25) is 0 Å². The molecule has 3 N–H and O–H groups in total. The third-order valence-electron chi connectivity index (χ3n) is 2.55. The second-order valence-corrected chi connectivity index (χ2v) is 4.78. The Bertz CT molecular complexity index is 744. The van der Waals surface area contributed by atoms with E-state index < -0.39 is 17.8 Å². The predicted molar refractivity (Wildman–Crippen MR) is 79.8 cm³/mol. The van der Waals surface area contributed by atoms with Crippen molar-refractivity contribution in [2.24, 2.45) is 5.10 Å². The fraction of sp³-hybridized carbons (Fsp3) is 0.0769. The normalized spacial score (nSPS) is 11.1. The maximum atomic E-state index is 13.0. The number of halogens is 1. The second-order valence-electron chi connectivity index (χ2n) is 4.16. The molecule has 0 unspecified atom stereocenters.